The molecule has 1 aliphatic rings. The van der Waals surface area contributed by atoms with Crippen LogP contribution in [0.1, 0.15) is 17.2 Å². The van der Waals surface area contributed by atoms with Gasteiger partial charge in [-0.15, -0.1) is 0 Å². The van der Waals surface area contributed by atoms with E-state index < -0.39 is 5.82 Å². The predicted molar refractivity (Wildman–Crippen MR) is 39.8 cm³/mol. The maximum absolute atomic E-state index is 13.0. The molecule has 0 N–H and O–H groups in total. The summed E-state index contributed by atoms with van der Waals surface area (Å²) in [6.45, 7) is 0.658. The molecule has 0 bridgehead atoms. The van der Waals surface area contributed by atoms with Crippen molar-refractivity contribution < 1.29 is 9.13 Å². The average Bonchev–Trinajstić information content (AvgIpc) is 2.86. The molecular formula is C9H6FNO. The van der Waals surface area contributed by atoms with Gasteiger partial charge in [0.2, 0.25) is 0 Å². The third kappa shape index (κ3) is 1.17. The first kappa shape index (κ1) is 7.26. The second-order valence-electron chi connectivity index (χ2n) is 2.67. The molecule has 12 heavy (non-hydrogen) atoms. The molecule has 60 valence electrons. The van der Waals surface area contributed by atoms with Gasteiger partial charge in [-0.2, -0.15) is 5.26 Å². The van der Waals surface area contributed by atoms with E-state index in [0.29, 0.717) is 6.61 Å². The molecule has 1 unspecified atom stereocenters. The normalized spacial score (nSPS) is 20.2. The summed E-state index contributed by atoms with van der Waals surface area (Å²) in [5.74, 6) is -0.467. The van der Waals surface area contributed by atoms with Gasteiger partial charge in [0, 0.05) is 0 Å². The molecule has 1 heterocycles. The highest BCUT2D eigenvalue weighted by atomic mass is 19.1. The van der Waals surface area contributed by atoms with Crippen LogP contribution in [-0.4, -0.2) is 6.61 Å². The zero-order valence-electron chi connectivity index (χ0n) is 6.25. The van der Waals surface area contributed by atoms with Crippen molar-refractivity contribution in [3.63, 3.8) is 0 Å². The quantitative estimate of drug-likeness (QED) is 0.591. The summed E-state index contributed by atoms with van der Waals surface area (Å²) in [7, 11) is 0. The zero-order chi connectivity index (χ0) is 8.55. The van der Waals surface area contributed by atoms with E-state index in [1.807, 2.05) is 0 Å². The number of hydrogen-bond donors (Lipinski definition) is 0. The molecule has 1 aliphatic heterocycles. The topological polar surface area (TPSA) is 36.3 Å². The van der Waals surface area contributed by atoms with Crippen LogP contribution < -0.4 is 0 Å². The van der Waals surface area contributed by atoms with Crippen molar-refractivity contribution >= 4 is 0 Å². The Kier molecular flexibility index (Phi) is 1.56. The summed E-state index contributed by atoms with van der Waals surface area (Å²) >= 11 is 0. The summed E-state index contributed by atoms with van der Waals surface area (Å²) in [5.41, 5.74) is 0.894. The molecule has 1 atom stereocenters. The van der Waals surface area contributed by atoms with Crippen LogP contribution in [0.5, 0.6) is 0 Å². The Morgan fingerprint density at radius 2 is 2.33 bits per heavy atom. The fourth-order valence-corrected chi connectivity index (χ4v) is 1.06. The number of epoxide rings is 1. The van der Waals surface area contributed by atoms with E-state index in [9.17, 15) is 4.39 Å². The SMILES string of the molecule is N#Cc1ccc(C2CO2)cc1F. The molecule has 2 nitrogen and oxygen atoms in total. The van der Waals surface area contributed by atoms with Gasteiger partial charge in [-0.3, -0.25) is 0 Å². The standard InChI is InChI=1S/C9H6FNO/c10-8-3-6(9-5-12-9)1-2-7(8)4-11/h1-3,9H,5H2. The molecule has 0 saturated carbocycles. The number of rotatable bonds is 1. The van der Waals surface area contributed by atoms with Gasteiger partial charge >= 0.3 is 0 Å². The van der Waals surface area contributed by atoms with Crippen LogP contribution in [0.15, 0.2) is 18.2 Å². The summed E-state index contributed by atoms with van der Waals surface area (Å²) < 4.78 is 17.9. The largest absolute Gasteiger partial charge is 0.368 e. The Hall–Kier alpha value is -1.40. The Labute approximate surface area is 69.2 Å². The number of nitriles is 1. The zero-order valence-corrected chi connectivity index (χ0v) is 6.25. The monoisotopic (exact) mass is 163 g/mol. The van der Waals surface area contributed by atoms with Crippen molar-refractivity contribution in [3.05, 3.63) is 35.1 Å². The fraction of sp³-hybridized carbons (Fsp3) is 0.222. The van der Waals surface area contributed by atoms with E-state index in [1.165, 1.54) is 12.1 Å². The molecule has 0 amide bonds. The summed E-state index contributed by atoms with van der Waals surface area (Å²) in [6.07, 6.45) is 0.0484. The first-order chi connectivity index (χ1) is 5.81. The fourth-order valence-electron chi connectivity index (χ4n) is 1.06. The molecular weight excluding hydrogens is 157 g/mol. The molecule has 1 aromatic carbocycles. The van der Waals surface area contributed by atoms with Gasteiger partial charge in [0.25, 0.3) is 0 Å². The first-order valence-corrected chi connectivity index (χ1v) is 3.62. The summed E-state index contributed by atoms with van der Waals surface area (Å²) in [5, 5.41) is 8.44. The molecule has 1 aromatic rings. The van der Waals surface area contributed by atoms with Crippen molar-refractivity contribution in [1.82, 2.24) is 0 Å². The van der Waals surface area contributed by atoms with Crippen LogP contribution in [0.2, 0.25) is 0 Å². The lowest BCUT2D eigenvalue weighted by Crippen LogP contribution is -1.87. The molecule has 1 fully saturated rings. The van der Waals surface area contributed by atoms with E-state index in [4.69, 9.17) is 10.00 Å². The highest BCUT2D eigenvalue weighted by Crippen LogP contribution is 2.30. The average molecular weight is 163 g/mol. The van der Waals surface area contributed by atoms with Gasteiger partial charge in [-0.1, -0.05) is 6.07 Å². The van der Waals surface area contributed by atoms with E-state index in [2.05, 4.69) is 0 Å². The van der Waals surface area contributed by atoms with Gasteiger partial charge < -0.3 is 4.74 Å². The lowest BCUT2D eigenvalue weighted by molar-refractivity contribution is 0.415. The van der Waals surface area contributed by atoms with Crippen molar-refractivity contribution in [3.8, 4) is 6.07 Å². The predicted octanol–water partition coefficient (Wildman–Crippen LogP) is 1.77. The number of nitrogens with zero attached hydrogens (tertiary/aromatic N) is 1. The van der Waals surface area contributed by atoms with E-state index in [1.54, 1.807) is 12.1 Å². The van der Waals surface area contributed by atoms with Crippen molar-refractivity contribution in [2.45, 2.75) is 6.10 Å². The number of benzene rings is 1. The third-order valence-electron chi connectivity index (χ3n) is 1.82. The minimum absolute atomic E-state index is 0.0484. The van der Waals surface area contributed by atoms with Crippen LogP contribution in [-0.2, 0) is 4.74 Å². The molecule has 2 rings (SSSR count). The van der Waals surface area contributed by atoms with Crippen LogP contribution >= 0.6 is 0 Å². The Morgan fingerprint density at radius 1 is 1.58 bits per heavy atom. The smallest absolute Gasteiger partial charge is 0.141 e. The number of ether oxygens (including phenoxy) is 1. The van der Waals surface area contributed by atoms with Gasteiger partial charge in [-0.25, -0.2) is 4.39 Å². The van der Waals surface area contributed by atoms with Crippen LogP contribution in [0, 0.1) is 17.1 Å². The van der Waals surface area contributed by atoms with Crippen molar-refractivity contribution in [1.29, 1.82) is 5.26 Å². The van der Waals surface area contributed by atoms with Crippen LogP contribution in [0.3, 0.4) is 0 Å². The molecule has 0 radical (unpaired) electrons. The third-order valence-corrected chi connectivity index (χ3v) is 1.82. The van der Waals surface area contributed by atoms with Crippen LogP contribution in [0.25, 0.3) is 0 Å². The molecule has 3 heteroatoms. The van der Waals surface area contributed by atoms with E-state index in [0.717, 1.165) is 5.56 Å². The van der Waals surface area contributed by atoms with Gasteiger partial charge in [0.15, 0.2) is 0 Å². The Morgan fingerprint density at radius 3 is 2.83 bits per heavy atom. The second kappa shape index (κ2) is 2.58. The summed E-state index contributed by atoms with van der Waals surface area (Å²) in [6, 6.07) is 6.32. The minimum atomic E-state index is -0.467. The Balaban J connectivity index is 2.38. The number of halogens is 1. The Bertz CT molecular complexity index is 352. The highest BCUT2D eigenvalue weighted by molar-refractivity contribution is 5.34. The summed E-state index contributed by atoms with van der Waals surface area (Å²) in [4.78, 5) is 0. The van der Waals surface area contributed by atoms with E-state index in [-0.39, 0.29) is 11.7 Å². The van der Waals surface area contributed by atoms with Crippen LogP contribution in [0.4, 0.5) is 4.39 Å². The number of hydrogen-bond acceptors (Lipinski definition) is 2. The maximum atomic E-state index is 13.0. The van der Waals surface area contributed by atoms with Gasteiger partial charge in [-0.05, 0) is 17.7 Å². The first-order valence-electron chi connectivity index (χ1n) is 3.62. The second-order valence-corrected chi connectivity index (χ2v) is 2.67. The van der Waals surface area contributed by atoms with Crippen molar-refractivity contribution in [2.24, 2.45) is 0 Å². The lowest BCUT2D eigenvalue weighted by atomic mass is 10.1. The van der Waals surface area contributed by atoms with Gasteiger partial charge in [0.05, 0.1) is 12.2 Å². The lowest BCUT2D eigenvalue weighted by Gasteiger charge is -1.96. The minimum Gasteiger partial charge on any atom is -0.368 e. The van der Waals surface area contributed by atoms with Crippen molar-refractivity contribution in [2.75, 3.05) is 6.61 Å². The molecule has 1 saturated heterocycles. The molecule has 0 aliphatic carbocycles. The maximum Gasteiger partial charge on any atom is 0.141 e. The molecule has 0 spiro atoms. The highest BCUT2D eigenvalue weighted by Gasteiger charge is 2.25. The van der Waals surface area contributed by atoms with E-state index >= 15 is 0 Å². The van der Waals surface area contributed by atoms with Gasteiger partial charge in [0.1, 0.15) is 18.0 Å². The molecule has 0 aromatic heterocycles.